The van der Waals surface area contributed by atoms with Crippen molar-refractivity contribution in [3.05, 3.63) is 47.7 Å². The Morgan fingerprint density at radius 3 is 3.00 bits per heavy atom. The van der Waals surface area contributed by atoms with Gasteiger partial charge in [0.2, 0.25) is 5.89 Å². The summed E-state index contributed by atoms with van der Waals surface area (Å²) in [7, 11) is 0. The molecule has 3 rings (SSSR count). The van der Waals surface area contributed by atoms with Gasteiger partial charge in [0.25, 0.3) is 0 Å². The lowest BCUT2D eigenvalue weighted by Crippen LogP contribution is -1.87. The Bertz CT molecular complexity index is 644. The highest BCUT2D eigenvalue weighted by atomic mass is 35.5. The van der Waals surface area contributed by atoms with E-state index in [0.29, 0.717) is 18.1 Å². The minimum absolute atomic E-state index is 0.275. The van der Waals surface area contributed by atoms with Crippen molar-refractivity contribution < 1.29 is 4.52 Å². The maximum atomic E-state index is 5.63. The second-order valence-electron chi connectivity index (χ2n) is 3.77. The Labute approximate surface area is 103 Å². The molecule has 0 amide bonds. The van der Waals surface area contributed by atoms with Gasteiger partial charge in [-0.05, 0) is 11.6 Å². The zero-order valence-corrected chi connectivity index (χ0v) is 9.74. The lowest BCUT2D eigenvalue weighted by atomic mass is 10.1. The summed E-state index contributed by atoms with van der Waals surface area (Å²) in [4.78, 5) is 7.40. The van der Waals surface area contributed by atoms with Crippen LogP contribution in [0.4, 0.5) is 0 Å². The third-order valence-electron chi connectivity index (χ3n) is 2.65. The van der Waals surface area contributed by atoms with Crippen molar-refractivity contribution in [1.82, 2.24) is 15.1 Å². The van der Waals surface area contributed by atoms with Gasteiger partial charge in [0.1, 0.15) is 0 Å². The molecule has 1 N–H and O–H groups in total. The zero-order chi connectivity index (χ0) is 11.7. The van der Waals surface area contributed by atoms with E-state index in [0.717, 1.165) is 11.1 Å². The fourth-order valence-electron chi connectivity index (χ4n) is 1.86. The van der Waals surface area contributed by atoms with Gasteiger partial charge in [0, 0.05) is 17.1 Å². The Kier molecular flexibility index (Phi) is 2.57. The number of nitrogens with one attached hydrogen (secondary N) is 1. The van der Waals surface area contributed by atoms with E-state index in [1.165, 1.54) is 5.39 Å². The van der Waals surface area contributed by atoms with Crippen LogP contribution in [0.5, 0.6) is 0 Å². The van der Waals surface area contributed by atoms with E-state index in [4.69, 9.17) is 16.1 Å². The summed E-state index contributed by atoms with van der Waals surface area (Å²) < 4.78 is 5.12. The van der Waals surface area contributed by atoms with E-state index >= 15 is 0 Å². The van der Waals surface area contributed by atoms with Crippen LogP contribution >= 0.6 is 11.6 Å². The maximum Gasteiger partial charge on any atom is 0.231 e. The van der Waals surface area contributed by atoms with Gasteiger partial charge in [-0.1, -0.05) is 23.4 Å². The molecule has 0 spiro atoms. The van der Waals surface area contributed by atoms with Crippen LogP contribution in [-0.2, 0) is 12.3 Å². The number of fused-ring (bicyclic) bond motifs is 1. The van der Waals surface area contributed by atoms with E-state index in [2.05, 4.69) is 21.2 Å². The fraction of sp³-hybridized carbons (Fsp3) is 0.167. The molecule has 0 unspecified atom stereocenters. The number of H-pyrrole nitrogens is 1. The van der Waals surface area contributed by atoms with Gasteiger partial charge in [-0.2, -0.15) is 4.98 Å². The average molecular weight is 248 g/mol. The maximum absolute atomic E-state index is 5.63. The van der Waals surface area contributed by atoms with E-state index in [1.807, 2.05) is 24.4 Å². The first-order chi connectivity index (χ1) is 8.36. The number of halogens is 1. The molecule has 86 valence electrons. The number of para-hydroxylation sites is 1. The third kappa shape index (κ3) is 1.91. The summed E-state index contributed by atoms with van der Waals surface area (Å²) in [6.07, 6.45) is 2.59. The number of benzene rings is 1. The zero-order valence-electron chi connectivity index (χ0n) is 8.98. The summed E-state index contributed by atoms with van der Waals surface area (Å²) in [5.74, 6) is 1.39. The quantitative estimate of drug-likeness (QED) is 0.724. The van der Waals surface area contributed by atoms with Crippen LogP contribution in [0.1, 0.15) is 17.3 Å². The molecule has 0 atom stereocenters. The lowest BCUT2D eigenvalue weighted by molar-refractivity contribution is 0.381. The smallest absolute Gasteiger partial charge is 0.231 e. The van der Waals surface area contributed by atoms with E-state index in [1.54, 1.807) is 0 Å². The van der Waals surface area contributed by atoms with Crippen LogP contribution in [0.15, 0.2) is 35.0 Å². The lowest BCUT2D eigenvalue weighted by Gasteiger charge is -1.93. The highest BCUT2D eigenvalue weighted by Gasteiger charge is 2.09. The van der Waals surface area contributed by atoms with Gasteiger partial charge in [0.15, 0.2) is 5.82 Å². The first-order valence-corrected chi connectivity index (χ1v) is 5.82. The van der Waals surface area contributed by atoms with Gasteiger partial charge in [0.05, 0.1) is 12.3 Å². The summed E-state index contributed by atoms with van der Waals surface area (Å²) >= 11 is 5.63. The molecule has 0 radical (unpaired) electrons. The molecule has 0 aliphatic rings. The van der Waals surface area contributed by atoms with Crippen LogP contribution in [0, 0.1) is 0 Å². The van der Waals surface area contributed by atoms with Gasteiger partial charge >= 0.3 is 0 Å². The van der Waals surface area contributed by atoms with Crippen LogP contribution in [0.25, 0.3) is 10.9 Å². The Balaban J connectivity index is 1.94. The molecule has 3 aromatic rings. The highest BCUT2D eigenvalue weighted by molar-refractivity contribution is 6.16. The molecular formula is C12H10ClN3O. The molecular weight excluding hydrogens is 238 g/mol. The third-order valence-corrected chi connectivity index (χ3v) is 2.89. The minimum atomic E-state index is 0.275. The minimum Gasteiger partial charge on any atom is -0.361 e. The summed E-state index contributed by atoms with van der Waals surface area (Å²) in [5.41, 5.74) is 2.25. The van der Waals surface area contributed by atoms with Crippen molar-refractivity contribution in [3.63, 3.8) is 0 Å². The molecule has 2 heterocycles. The number of aromatic nitrogens is 3. The first-order valence-electron chi connectivity index (χ1n) is 5.29. The van der Waals surface area contributed by atoms with E-state index in [9.17, 15) is 0 Å². The molecule has 0 aliphatic heterocycles. The molecule has 1 aromatic carbocycles. The molecule has 4 nitrogen and oxygen atoms in total. The first kappa shape index (κ1) is 10.4. The predicted molar refractivity (Wildman–Crippen MR) is 65.0 cm³/mol. The van der Waals surface area contributed by atoms with Crippen molar-refractivity contribution in [2.45, 2.75) is 12.3 Å². The summed E-state index contributed by atoms with van der Waals surface area (Å²) in [6, 6.07) is 8.12. The Hall–Kier alpha value is -1.81. The molecule has 0 saturated heterocycles. The monoisotopic (exact) mass is 247 g/mol. The SMILES string of the molecule is ClCc1noc(Cc2c[nH]c3ccccc23)n1. The Morgan fingerprint density at radius 2 is 2.18 bits per heavy atom. The second kappa shape index (κ2) is 4.22. The topological polar surface area (TPSA) is 54.7 Å². The average Bonchev–Trinajstić information content (AvgIpc) is 2.97. The van der Waals surface area contributed by atoms with Gasteiger partial charge in [-0.15, -0.1) is 11.6 Å². The number of aromatic amines is 1. The van der Waals surface area contributed by atoms with Crippen molar-refractivity contribution in [1.29, 1.82) is 0 Å². The summed E-state index contributed by atoms with van der Waals surface area (Å²) in [5, 5.41) is 4.95. The van der Waals surface area contributed by atoms with Crippen molar-refractivity contribution in [2.75, 3.05) is 0 Å². The van der Waals surface area contributed by atoms with Crippen LogP contribution in [0.3, 0.4) is 0 Å². The number of hydrogen-bond donors (Lipinski definition) is 1. The van der Waals surface area contributed by atoms with Gasteiger partial charge in [-0.25, -0.2) is 0 Å². The van der Waals surface area contributed by atoms with Crippen molar-refractivity contribution >= 4 is 22.5 Å². The second-order valence-corrected chi connectivity index (χ2v) is 4.04. The van der Waals surface area contributed by atoms with Crippen LogP contribution in [-0.4, -0.2) is 15.1 Å². The molecule has 2 aromatic heterocycles. The molecule has 17 heavy (non-hydrogen) atoms. The van der Waals surface area contributed by atoms with E-state index < -0.39 is 0 Å². The predicted octanol–water partition coefficient (Wildman–Crippen LogP) is 2.88. The number of hydrogen-bond acceptors (Lipinski definition) is 3. The Morgan fingerprint density at radius 1 is 1.29 bits per heavy atom. The van der Waals surface area contributed by atoms with E-state index in [-0.39, 0.29) is 5.88 Å². The number of alkyl halides is 1. The van der Waals surface area contributed by atoms with Crippen LogP contribution in [0.2, 0.25) is 0 Å². The molecule has 0 saturated carbocycles. The van der Waals surface area contributed by atoms with Gasteiger partial charge in [-0.3, -0.25) is 0 Å². The standard InChI is InChI=1S/C12H10ClN3O/c13-6-11-15-12(17-16-11)5-8-7-14-10-4-2-1-3-9(8)10/h1-4,7,14H,5-6H2. The fourth-order valence-corrected chi connectivity index (χ4v) is 1.97. The number of nitrogens with zero attached hydrogens (tertiary/aromatic N) is 2. The molecule has 0 fully saturated rings. The van der Waals surface area contributed by atoms with Gasteiger partial charge < -0.3 is 9.51 Å². The summed E-state index contributed by atoms with van der Waals surface area (Å²) in [6.45, 7) is 0. The molecule has 0 bridgehead atoms. The van der Waals surface area contributed by atoms with Crippen molar-refractivity contribution in [2.24, 2.45) is 0 Å². The van der Waals surface area contributed by atoms with Crippen molar-refractivity contribution in [3.8, 4) is 0 Å². The van der Waals surface area contributed by atoms with Crippen LogP contribution < -0.4 is 0 Å². The normalized spacial score (nSPS) is 11.1. The number of rotatable bonds is 3. The largest absolute Gasteiger partial charge is 0.361 e. The molecule has 0 aliphatic carbocycles. The molecule has 5 heteroatoms. The highest BCUT2D eigenvalue weighted by Crippen LogP contribution is 2.20.